The predicted molar refractivity (Wildman–Crippen MR) is 74.6 cm³/mol. The Bertz CT molecular complexity index is 598. The highest BCUT2D eigenvalue weighted by Gasteiger charge is 2.15. The summed E-state index contributed by atoms with van der Waals surface area (Å²) in [5.74, 6) is -0.379. The molecule has 0 aliphatic heterocycles. The number of carbonyl (C=O) groups is 1. The van der Waals surface area contributed by atoms with Crippen molar-refractivity contribution in [3.8, 4) is 0 Å². The Balaban J connectivity index is 3.08. The van der Waals surface area contributed by atoms with E-state index in [2.05, 4.69) is 27.8 Å². The van der Waals surface area contributed by atoms with Crippen LogP contribution in [0.2, 0.25) is 0 Å². The number of rotatable bonds is 4. The predicted octanol–water partition coefficient (Wildman–Crippen LogP) is 2.56. The second-order valence-corrected chi connectivity index (χ2v) is 7.30. The molecule has 1 rings (SSSR count). The molecule has 0 fully saturated rings. The largest absolute Gasteiger partial charge is 0.347 e. The van der Waals surface area contributed by atoms with Gasteiger partial charge in [0.2, 0.25) is 0 Å². The molecule has 18 heavy (non-hydrogen) atoms. The molecule has 0 radical (unpaired) electrons. The first-order chi connectivity index (χ1) is 8.21. The van der Waals surface area contributed by atoms with Gasteiger partial charge in [-0.25, -0.2) is 8.42 Å². The molecule has 0 aliphatic rings. The molecular formula is C11H11BrClNO3S. The van der Waals surface area contributed by atoms with Crippen molar-refractivity contribution >= 4 is 41.6 Å². The van der Waals surface area contributed by atoms with Crippen molar-refractivity contribution in [1.29, 1.82) is 0 Å². The van der Waals surface area contributed by atoms with Crippen LogP contribution in [0, 0.1) is 6.92 Å². The second kappa shape index (κ2) is 5.86. The molecule has 4 nitrogen and oxygen atoms in total. The zero-order chi connectivity index (χ0) is 13.9. The second-order valence-electron chi connectivity index (χ2n) is 3.61. The van der Waals surface area contributed by atoms with Gasteiger partial charge in [-0.1, -0.05) is 28.6 Å². The van der Waals surface area contributed by atoms with Gasteiger partial charge in [-0.3, -0.25) is 4.79 Å². The van der Waals surface area contributed by atoms with Crippen LogP contribution in [0.3, 0.4) is 0 Å². The van der Waals surface area contributed by atoms with Gasteiger partial charge >= 0.3 is 0 Å². The molecule has 98 valence electrons. The number of amides is 1. The fourth-order valence-corrected chi connectivity index (χ4v) is 2.19. The molecular weight excluding hydrogens is 342 g/mol. The van der Waals surface area contributed by atoms with Gasteiger partial charge in [-0.2, -0.15) is 0 Å². The molecule has 0 spiro atoms. The molecule has 1 amide bonds. The van der Waals surface area contributed by atoms with E-state index in [1.54, 1.807) is 6.92 Å². The first-order valence-corrected chi connectivity index (χ1v) is 7.99. The van der Waals surface area contributed by atoms with Crippen molar-refractivity contribution in [2.45, 2.75) is 11.8 Å². The van der Waals surface area contributed by atoms with E-state index in [0.29, 0.717) is 10.0 Å². The molecule has 7 heteroatoms. The normalized spacial score (nSPS) is 11.1. The average Bonchev–Trinajstić information content (AvgIpc) is 2.24. The molecule has 0 atom stereocenters. The summed E-state index contributed by atoms with van der Waals surface area (Å²) in [6, 6.07) is 4.15. The maximum absolute atomic E-state index is 11.8. The standard InChI is InChI=1S/C11H11BrClNO3S/c1-7-3-4-9(18(13,16)17)5-10(7)11(15)14-6-8(2)12/h3-5H,2,6H2,1H3,(H,14,15). The molecule has 0 heterocycles. The Morgan fingerprint density at radius 1 is 1.50 bits per heavy atom. The smallest absolute Gasteiger partial charge is 0.261 e. The quantitative estimate of drug-likeness (QED) is 0.847. The van der Waals surface area contributed by atoms with Crippen LogP contribution >= 0.6 is 26.6 Å². The Kier molecular flexibility index (Phi) is 4.95. The lowest BCUT2D eigenvalue weighted by atomic mass is 10.1. The Morgan fingerprint density at radius 3 is 2.61 bits per heavy atom. The average molecular weight is 353 g/mol. The highest BCUT2D eigenvalue weighted by atomic mass is 79.9. The fraction of sp³-hybridized carbons (Fsp3) is 0.182. The van der Waals surface area contributed by atoms with Crippen LogP contribution in [-0.2, 0) is 9.05 Å². The number of benzene rings is 1. The molecule has 0 saturated heterocycles. The van der Waals surface area contributed by atoms with E-state index in [1.807, 2.05) is 0 Å². The van der Waals surface area contributed by atoms with Gasteiger partial charge in [0.05, 0.1) is 4.90 Å². The van der Waals surface area contributed by atoms with Gasteiger partial charge < -0.3 is 5.32 Å². The molecule has 0 aliphatic carbocycles. The summed E-state index contributed by atoms with van der Waals surface area (Å²) in [5.41, 5.74) is 0.933. The van der Waals surface area contributed by atoms with Crippen LogP contribution in [-0.4, -0.2) is 20.9 Å². The maximum Gasteiger partial charge on any atom is 0.261 e. The van der Waals surface area contributed by atoms with Gasteiger partial charge in [-0.15, -0.1) is 0 Å². The zero-order valence-electron chi connectivity index (χ0n) is 9.54. The number of aryl methyl sites for hydroxylation is 1. The number of carbonyl (C=O) groups excluding carboxylic acids is 1. The van der Waals surface area contributed by atoms with E-state index in [9.17, 15) is 13.2 Å². The lowest BCUT2D eigenvalue weighted by Gasteiger charge is -2.08. The van der Waals surface area contributed by atoms with Crippen molar-refractivity contribution < 1.29 is 13.2 Å². The van der Waals surface area contributed by atoms with E-state index in [-0.39, 0.29) is 22.9 Å². The fourth-order valence-electron chi connectivity index (χ4n) is 1.27. The number of nitrogens with one attached hydrogen (secondary N) is 1. The van der Waals surface area contributed by atoms with Crippen molar-refractivity contribution in [2.24, 2.45) is 0 Å². The lowest BCUT2D eigenvalue weighted by Crippen LogP contribution is -2.25. The SMILES string of the molecule is C=C(Br)CNC(=O)c1cc(S(=O)(=O)Cl)ccc1C. The van der Waals surface area contributed by atoms with E-state index in [1.165, 1.54) is 18.2 Å². The van der Waals surface area contributed by atoms with Gasteiger partial charge in [0.15, 0.2) is 0 Å². The van der Waals surface area contributed by atoms with Crippen molar-refractivity contribution in [3.05, 3.63) is 40.4 Å². The molecule has 0 unspecified atom stereocenters. The van der Waals surface area contributed by atoms with E-state index in [4.69, 9.17) is 10.7 Å². The van der Waals surface area contributed by atoms with Crippen molar-refractivity contribution in [1.82, 2.24) is 5.32 Å². The highest BCUT2D eigenvalue weighted by Crippen LogP contribution is 2.19. The minimum atomic E-state index is -3.84. The third kappa shape index (κ3) is 4.12. The topological polar surface area (TPSA) is 63.2 Å². The van der Waals surface area contributed by atoms with E-state index < -0.39 is 9.05 Å². The molecule has 1 aromatic carbocycles. The van der Waals surface area contributed by atoms with Crippen LogP contribution in [0.1, 0.15) is 15.9 Å². The van der Waals surface area contributed by atoms with Crippen LogP contribution in [0.5, 0.6) is 0 Å². The molecule has 1 aromatic rings. The van der Waals surface area contributed by atoms with Crippen LogP contribution < -0.4 is 5.32 Å². The summed E-state index contributed by atoms with van der Waals surface area (Å²) >= 11 is 3.11. The van der Waals surface area contributed by atoms with Crippen LogP contribution in [0.4, 0.5) is 0 Å². The minimum Gasteiger partial charge on any atom is -0.347 e. The van der Waals surface area contributed by atoms with Crippen LogP contribution in [0.25, 0.3) is 0 Å². The monoisotopic (exact) mass is 351 g/mol. The summed E-state index contributed by atoms with van der Waals surface area (Å²) in [5, 5.41) is 2.59. The Morgan fingerprint density at radius 2 is 2.11 bits per heavy atom. The van der Waals surface area contributed by atoms with Gasteiger partial charge in [0.1, 0.15) is 0 Å². The van der Waals surface area contributed by atoms with E-state index >= 15 is 0 Å². The first-order valence-electron chi connectivity index (χ1n) is 4.88. The summed E-state index contributed by atoms with van der Waals surface area (Å²) in [4.78, 5) is 11.7. The third-order valence-electron chi connectivity index (χ3n) is 2.18. The summed E-state index contributed by atoms with van der Waals surface area (Å²) in [7, 11) is 1.39. The number of halogens is 2. The summed E-state index contributed by atoms with van der Waals surface area (Å²) in [6.45, 7) is 5.56. The number of hydrogen-bond donors (Lipinski definition) is 1. The third-order valence-corrected chi connectivity index (χ3v) is 3.81. The van der Waals surface area contributed by atoms with Gasteiger partial charge in [-0.05, 0) is 24.6 Å². The van der Waals surface area contributed by atoms with Crippen LogP contribution in [0.15, 0.2) is 34.2 Å². The molecule has 1 N–H and O–H groups in total. The zero-order valence-corrected chi connectivity index (χ0v) is 12.7. The Hall–Kier alpha value is -0.850. The molecule has 0 bridgehead atoms. The molecule has 0 aromatic heterocycles. The number of hydrogen-bond acceptors (Lipinski definition) is 3. The minimum absolute atomic E-state index is 0.0995. The summed E-state index contributed by atoms with van der Waals surface area (Å²) in [6.07, 6.45) is 0. The maximum atomic E-state index is 11.8. The first kappa shape index (κ1) is 15.2. The summed E-state index contributed by atoms with van der Waals surface area (Å²) < 4.78 is 23.0. The van der Waals surface area contributed by atoms with Gasteiger partial charge in [0.25, 0.3) is 15.0 Å². The van der Waals surface area contributed by atoms with Crippen molar-refractivity contribution in [3.63, 3.8) is 0 Å². The lowest BCUT2D eigenvalue weighted by molar-refractivity contribution is 0.0957. The van der Waals surface area contributed by atoms with E-state index in [0.717, 1.165) is 0 Å². The van der Waals surface area contributed by atoms with Crippen molar-refractivity contribution in [2.75, 3.05) is 6.54 Å². The molecule has 0 saturated carbocycles. The Labute approximate surface area is 119 Å². The highest BCUT2D eigenvalue weighted by molar-refractivity contribution is 9.11. The van der Waals surface area contributed by atoms with Gasteiger partial charge in [0, 0.05) is 27.3 Å².